The van der Waals surface area contributed by atoms with Crippen LogP contribution in [0.4, 0.5) is 0 Å². The van der Waals surface area contributed by atoms with E-state index in [2.05, 4.69) is 32.2 Å². The molecule has 0 radical (unpaired) electrons. The summed E-state index contributed by atoms with van der Waals surface area (Å²) in [6, 6.07) is 6.37. The Morgan fingerprint density at radius 2 is 2.05 bits per heavy atom. The van der Waals surface area contributed by atoms with Gasteiger partial charge in [0, 0.05) is 5.39 Å². The molecular formula is C16H22ClNO. The molecule has 0 fully saturated rings. The van der Waals surface area contributed by atoms with Crippen LogP contribution < -0.4 is 5.32 Å². The molecule has 1 aromatic carbocycles. The summed E-state index contributed by atoms with van der Waals surface area (Å²) in [7, 11) is 0. The molecule has 0 spiro atoms. The highest BCUT2D eigenvalue weighted by molar-refractivity contribution is 6.34. The quantitative estimate of drug-likeness (QED) is 0.783. The van der Waals surface area contributed by atoms with Gasteiger partial charge < -0.3 is 9.73 Å². The molecule has 1 atom stereocenters. The summed E-state index contributed by atoms with van der Waals surface area (Å²) in [5.41, 5.74) is 2.02. The van der Waals surface area contributed by atoms with Crippen LogP contribution in [0, 0.1) is 6.92 Å². The molecule has 2 rings (SSSR count). The summed E-state index contributed by atoms with van der Waals surface area (Å²) in [6.07, 6.45) is 3.34. The van der Waals surface area contributed by atoms with Crippen LogP contribution in [-0.2, 0) is 0 Å². The van der Waals surface area contributed by atoms with E-state index < -0.39 is 0 Å². The average Bonchev–Trinajstić information content (AvgIpc) is 2.85. The Balaban J connectivity index is 2.37. The van der Waals surface area contributed by atoms with Crippen molar-refractivity contribution in [1.82, 2.24) is 5.32 Å². The van der Waals surface area contributed by atoms with Crippen LogP contribution >= 0.6 is 11.6 Å². The van der Waals surface area contributed by atoms with Gasteiger partial charge in [-0.3, -0.25) is 0 Å². The first-order valence-electron chi connectivity index (χ1n) is 7.09. The van der Waals surface area contributed by atoms with Gasteiger partial charge in [0.25, 0.3) is 0 Å². The van der Waals surface area contributed by atoms with Crippen LogP contribution in [0.25, 0.3) is 11.0 Å². The standard InChI is InChI=1S/C16H22ClNO/c1-4-6-14(18-9-5-2)15-10-12-11(3)7-8-13(17)16(12)19-15/h7-8,10,14,18H,4-6,9H2,1-3H3. The van der Waals surface area contributed by atoms with Crippen molar-refractivity contribution in [2.45, 2.75) is 46.1 Å². The second-order valence-corrected chi connectivity index (χ2v) is 5.46. The molecule has 0 aliphatic heterocycles. The van der Waals surface area contributed by atoms with Gasteiger partial charge in [0.2, 0.25) is 0 Å². The molecule has 104 valence electrons. The lowest BCUT2D eigenvalue weighted by molar-refractivity contribution is 0.408. The van der Waals surface area contributed by atoms with Crippen molar-refractivity contribution in [3.8, 4) is 0 Å². The number of nitrogens with one attached hydrogen (secondary N) is 1. The number of aryl methyl sites for hydroxylation is 1. The second kappa shape index (κ2) is 6.44. The van der Waals surface area contributed by atoms with Crippen LogP contribution in [0.3, 0.4) is 0 Å². The van der Waals surface area contributed by atoms with E-state index in [1.54, 1.807) is 0 Å². The maximum absolute atomic E-state index is 6.21. The lowest BCUT2D eigenvalue weighted by Crippen LogP contribution is -2.21. The van der Waals surface area contributed by atoms with Gasteiger partial charge in [0.15, 0.2) is 5.58 Å². The molecule has 19 heavy (non-hydrogen) atoms. The first kappa shape index (κ1) is 14.4. The number of fused-ring (bicyclic) bond motifs is 1. The van der Waals surface area contributed by atoms with E-state index in [0.29, 0.717) is 5.02 Å². The van der Waals surface area contributed by atoms with Gasteiger partial charge in [-0.2, -0.15) is 0 Å². The smallest absolute Gasteiger partial charge is 0.153 e. The molecular weight excluding hydrogens is 258 g/mol. The highest BCUT2D eigenvalue weighted by atomic mass is 35.5. The monoisotopic (exact) mass is 279 g/mol. The third-order valence-electron chi connectivity index (χ3n) is 3.43. The Labute approximate surface area is 120 Å². The Bertz CT molecular complexity index is 508. The molecule has 1 N–H and O–H groups in total. The topological polar surface area (TPSA) is 25.2 Å². The SMILES string of the molecule is CCCNC(CCC)c1cc2c(C)ccc(Cl)c2o1. The van der Waals surface area contributed by atoms with Crippen molar-refractivity contribution in [3.63, 3.8) is 0 Å². The largest absolute Gasteiger partial charge is 0.458 e. The Hall–Kier alpha value is -0.990. The van der Waals surface area contributed by atoms with E-state index in [1.165, 1.54) is 5.56 Å². The van der Waals surface area contributed by atoms with E-state index >= 15 is 0 Å². The molecule has 2 aromatic rings. The predicted molar refractivity (Wildman–Crippen MR) is 81.9 cm³/mol. The number of halogens is 1. The summed E-state index contributed by atoms with van der Waals surface area (Å²) in [4.78, 5) is 0. The van der Waals surface area contributed by atoms with E-state index in [1.807, 2.05) is 12.1 Å². The van der Waals surface area contributed by atoms with Crippen molar-refractivity contribution in [2.24, 2.45) is 0 Å². The average molecular weight is 280 g/mol. The first-order valence-corrected chi connectivity index (χ1v) is 7.47. The predicted octanol–water partition coefficient (Wildman–Crippen LogP) is 5.24. The lowest BCUT2D eigenvalue weighted by atomic mass is 10.1. The Kier molecular flexibility index (Phi) is 4.89. The van der Waals surface area contributed by atoms with Crippen molar-refractivity contribution in [2.75, 3.05) is 6.54 Å². The minimum Gasteiger partial charge on any atom is -0.458 e. The van der Waals surface area contributed by atoms with Crippen LogP contribution in [0.1, 0.15) is 50.5 Å². The van der Waals surface area contributed by atoms with E-state index in [9.17, 15) is 0 Å². The fraction of sp³-hybridized carbons (Fsp3) is 0.500. The van der Waals surface area contributed by atoms with Crippen LogP contribution in [0.2, 0.25) is 5.02 Å². The minimum atomic E-state index is 0.285. The van der Waals surface area contributed by atoms with Crippen molar-refractivity contribution < 1.29 is 4.42 Å². The number of furan rings is 1. The van der Waals surface area contributed by atoms with Crippen molar-refractivity contribution in [3.05, 3.63) is 34.5 Å². The van der Waals surface area contributed by atoms with Gasteiger partial charge in [-0.15, -0.1) is 0 Å². The minimum absolute atomic E-state index is 0.285. The second-order valence-electron chi connectivity index (χ2n) is 5.05. The van der Waals surface area contributed by atoms with Gasteiger partial charge in [0.1, 0.15) is 5.76 Å². The van der Waals surface area contributed by atoms with E-state index in [4.69, 9.17) is 16.0 Å². The van der Waals surface area contributed by atoms with Gasteiger partial charge in [-0.05, 0) is 44.0 Å². The fourth-order valence-corrected chi connectivity index (χ4v) is 2.57. The molecule has 0 aliphatic carbocycles. The van der Waals surface area contributed by atoms with E-state index in [0.717, 1.165) is 42.5 Å². The zero-order valence-corrected chi connectivity index (χ0v) is 12.7. The van der Waals surface area contributed by atoms with Gasteiger partial charge in [0.05, 0.1) is 11.1 Å². The summed E-state index contributed by atoms with van der Waals surface area (Å²) < 4.78 is 6.00. The lowest BCUT2D eigenvalue weighted by Gasteiger charge is -2.14. The normalized spacial score (nSPS) is 13.1. The molecule has 0 bridgehead atoms. The molecule has 1 aromatic heterocycles. The third-order valence-corrected chi connectivity index (χ3v) is 3.73. The number of hydrogen-bond acceptors (Lipinski definition) is 2. The summed E-state index contributed by atoms with van der Waals surface area (Å²) >= 11 is 6.21. The molecule has 0 aliphatic rings. The summed E-state index contributed by atoms with van der Waals surface area (Å²) in [5.74, 6) is 1.00. The third kappa shape index (κ3) is 3.13. The highest BCUT2D eigenvalue weighted by Gasteiger charge is 2.17. The summed E-state index contributed by atoms with van der Waals surface area (Å²) in [6.45, 7) is 7.47. The molecule has 2 nitrogen and oxygen atoms in total. The summed E-state index contributed by atoms with van der Waals surface area (Å²) in [5, 5.41) is 5.37. The van der Waals surface area contributed by atoms with Crippen LogP contribution in [-0.4, -0.2) is 6.54 Å². The number of hydrogen-bond donors (Lipinski definition) is 1. The van der Waals surface area contributed by atoms with Gasteiger partial charge >= 0.3 is 0 Å². The molecule has 0 saturated carbocycles. The Morgan fingerprint density at radius 3 is 2.68 bits per heavy atom. The number of benzene rings is 1. The van der Waals surface area contributed by atoms with Crippen LogP contribution in [0.5, 0.6) is 0 Å². The van der Waals surface area contributed by atoms with Crippen LogP contribution in [0.15, 0.2) is 22.6 Å². The van der Waals surface area contributed by atoms with Gasteiger partial charge in [-0.25, -0.2) is 0 Å². The molecule has 0 amide bonds. The molecule has 0 saturated heterocycles. The Morgan fingerprint density at radius 1 is 1.26 bits per heavy atom. The molecule has 3 heteroatoms. The van der Waals surface area contributed by atoms with Crippen molar-refractivity contribution >= 4 is 22.6 Å². The number of rotatable bonds is 6. The van der Waals surface area contributed by atoms with Crippen molar-refractivity contribution in [1.29, 1.82) is 0 Å². The zero-order valence-electron chi connectivity index (χ0n) is 11.9. The zero-order chi connectivity index (χ0) is 13.8. The maximum Gasteiger partial charge on any atom is 0.153 e. The van der Waals surface area contributed by atoms with E-state index in [-0.39, 0.29) is 6.04 Å². The highest BCUT2D eigenvalue weighted by Crippen LogP contribution is 2.32. The molecule has 1 unspecified atom stereocenters. The van der Waals surface area contributed by atoms with Gasteiger partial charge in [-0.1, -0.05) is 37.9 Å². The maximum atomic E-state index is 6.21. The first-order chi connectivity index (χ1) is 9.17. The fourth-order valence-electron chi connectivity index (χ4n) is 2.37. The molecule has 1 heterocycles.